The summed E-state index contributed by atoms with van der Waals surface area (Å²) in [5.74, 6) is -0.664. The quantitative estimate of drug-likeness (QED) is 0.733. The van der Waals surface area contributed by atoms with E-state index in [0.717, 1.165) is 17.7 Å². The lowest BCUT2D eigenvalue weighted by molar-refractivity contribution is -0.137. The smallest absolute Gasteiger partial charge is 0.253 e. The summed E-state index contributed by atoms with van der Waals surface area (Å²) in [5.41, 5.74) is 0.449. The molecule has 27 heavy (non-hydrogen) atoms. The van der Waals surface area contributed by atoms with Crippen LogP contribution in [-0.4, -0.2) is 41.2 Å². The average Bonchev–Trinajstić information content (AvgIpc) is 3.10. The summed E-state index contributed by atoms with van der Waals surface area (Å²) in [4.78, 5) is 30.2. The average molecular weight is 409 g/mol. The molecule has 1 saturated heterocycles. The van der Waals surface area contributed by atoms with Crippen LogP contribution in [0.25, 0.3) is 0 Å². The Kier molecular flexibility index (Phi) is 6.50. The predicted octanol–water partition coefficient (Wildman–Crippen LogP) is 4.44. The fourth-order valence-electron chi connectivity index (χ4n) is 3.37. The number of thiophene rings is 1. The van der Waals surface area contributed by atoms with Gasteiger partial charge in [-0.15, -0.1) is 11.3 Å². The van der Waals surface area contributed by atoms with Crippen LogP contribution in [-0.2, 0) is 11.3 Å². The van der Waals surface area contributed by atoms with E-state index in [-0.39, 0.29) is 23.5 Å². The largest absolute Gasteiger partial charge is 0.338 e. The molecule has 144 valence electrons. The van der Waals surface area contributed by atoms with E-state index < -0.39 is 0 Å². The van der Waals surface area contributed by atoms with Crippen LogP contribution in [0.2, 0.25) is 4.34 Å². The highest BCUT2D eigenvalue weighted by molar-refractivity contribution is 7.16. The molecule has 7 heteroatoms. The lowest BCUT2D eigenvalue weighted by Crippen LogP contribution is -2.46. The molecule has 1 unspecified atom stereocenters. The van der Waals surface area contributed by atoms with Crippen LogP contribution in [0.4, 0.5) is 4.39 Å². The minimum atomic E-state index is -0.370. The Morgan fingerprint density at radius 2 is 2.00 bits per heavy atom. The molecule has 0 aliphatic carbocycles. The first-order chi connectivity index (χ1) is 13.0. The molecule has 1 aromatic carbocycles. The van der Waals surface area contributed by atoms with E-state index in [1.54, 1.807) is 4.90 Å². The zero-order valence-corrected chi connectivity index (χ0v) is 16.7. The van der Waals surface area contributed by atoms with E-state index in [4.69, 9.17) is 11.6 Å². The molecule has 0 spiro atoms. The normalized spacial score (nSPS) is 17.0. The first-order valence-corrected chi connectivity index (χ1v) is 10.2. The number of carbonyl (C=O) groups is 2. The molecule has 1 fully saturated rings. The molecule has 0 N–H and O–H groups in total. The van der Waals surface area contributed by atoms with Crippen molar-refractivity contribution < 1.29 is 14.0 Å². The molecular formula is C20H22ClFN2O2S. The third-order valence-corrected chi connectivity index (χ3v) is 6.03. The van der Waals surface area contributed by atoms with Crippen LogP contribution in [0, 0.1) is 11.7 Å². The molecule has 0 radical (unpaired) electrons. The minimum absolute atomic E-state index is 0.0682. The summed E-state index contributed by atoms with van der Waals surface area (Å²) in [6, 6.07) is 9.32. The number of likely N-dealkylation sites (tertiary alicyclic amines) is 1. The SMILES string of the molecule is CCN(Cc1ccc(Cl)s1)C(=O)C1CCCN(C(=O)c2ccc(F)cc2)C1. The second kappa shape index (κ2) is 8.85. The Labute approximate surface area is 167 Å². The van der Waals surface area contributed by atoms with Gasteiger partial charge in [-0.1, -0.05) is 11.6 Å². The van der Waals surface area contributed by atoms with Gasteiger partial charge in [0.25, 0.3) is 5.91 Å². The maximum Gasteiger partial charge on any atom is 0.253 e. The standard InChI is InChI=1S/C20H22ClFN2O2S/c1-2-23(13-17-9-10-18(21)27-17)20(26)15-4-3-11-24(12-15)19(25)14-5-7-16(22)8-6-14/h5-10,15H,2-4,11-13H2,1H3. The van der Waals surface area contributed by atoms with E-state index >= 15 is 0 Å². The van der Waals surface area contributed by atoms with Crippen molar-refractivity contribution in [1.82, 2.24) is 9.80 Å². The number of rotatable bonds is 5. The summed E-state index contributed by atoms with van der Waals surface area (Å²) in [7, 11) is 0. The van der Waals surface area contributed by atoms with Crippen LogP contribution >= 0.6 is 22.9 Å². The van der Waals surface area contributed by atoms with Gasteiger partial charge in [-0.05, 0) is 56.2 Å². The van der Waals surface area contributed by atoms with Gasteiger partial charge in [-0.2, -0.15) is 0 Å². The minimum Gasteiger partial charge on any atom is -0.338 e. The van der Waals surface area contributed by atoms with E-state index in [0.29, 0.717) is 36.1 Å². The summed E-state index contributed by atoms with van der Waals surface area (Å²) in [6.45, 7) is 4.12. The van der Waals surface area contributed by atoms with E-state index in [1.807, 2.05) is 24.0 Å². The Morgan fingerprint density at radius 1 is 1.26 bits per heavy atom. The maximum atomic E-state index is 13.1. The number of hydrogen-bond donors (Lipinski definition) is 0. The number of carbonyl (C=O) groups excluding carboxylic acids is 2. The highest BCUT2D eigenvalue weighted by atomic mass is 35.5. The van der Waals surface area contributed by atoms with Crippen LogP contribution in [0.5, 0.6) is 0 Å². The second-order valence-electron chi connectivity index (χ2n) is 6.66. The highest BCUT2D eigenvalue weighted by Gasteiger charge is 2.31. The summed E-state index contributed by atoms with van der Waals surface area (Å²) < 4.78 is 13.8. The van der Waals surface area contributed by atoms with Gasteiger partial charge in [0, 0.05) is 30.1 Å². The zero-order chi connectivity index (χ0) is 19.4. The van der Waals surface area contributed by atoms with Crippen LogP contribution in [0.15, 0.2) is 36.4 Å². The monoisotopic (exact) mass is 408 g/mol. The maximum absolute atomic E-state index is 13.1. The lowest BCUT2D eigenvalue weighted by atomic mass is 9.95. The van der Waals surface area contributed by atoms with E-state index in [2.05, 4.69) is 0 Å². The van der Waals surface area contributed by atoms with Gasteiger partial charge in [0.05, 0.1) is 16.8 Å². The summed E-state index contributed by atoms with van der Waals surface area (Å²) >= 11 is 7.46. The number of amides is 2. The molecule has 3 rings (SSSR count). The third kappa shape index (κ3) is 4.87. The third-order valence-electron chi connectivity index (χ3n) is 4.82. The molecule has 0 bridgehead atoms. The van der Waals surface area contributed by atoms with Crippen LogP contribution < -0.4 is 0 Å². The highest BCUT2D eigenvalue weighted by Crippen LogP contribution is 2.25. The van der Waals surface area contributed by atoms with Crippen molar-refractivity contribution in [1.29, 1.82) is 0 Å². The van der Waals surface area contributed by atoms with Crippen molar-refractivity contribution in [3.05, 3.63) is 57.0 Å². The number of nitrogens with zero attached hydrogens (tertiary/aromatic N) is 2. The van der Waals surface area contributed by atoms with Gasteiger partial charge in [0.15, 0.2) is 0 Å². The number of piperidine rings is 1. The van der Waals surface area contributed by atoms with Crippen molar-refractivity contribution in [2.24, 2.45) is 5.92 Å². The van der Waals surface area contributed by atoms with Gasteiger partial charge >= 0.3 is 0 Å². The second-order valence-corrected chi connectivity index (χ2v) is 8.46. The fourth-order valence-corrected chi connectivity index (χ4v) is 4.47. The molecule has 2 heterocycles. The van der Waals surface area contributed by atoms with Crippen molar-refractivity contribution in [3.8, 4) is 0 Å². The first-order valence-electron chi connectivity index (χ1n) is 9.05. The van der Waals surface area contributed by atoms with Crippen LogP contribution in [0.3, 0.4) is 0 Å². The topological polar surface area (TPSA) is 40.6 Å². The fraction of sp³-hybridized carbons (Fsp3) is 0.400. The zero-order valence-electron chi connectivity index (χ0n) is 15.2. The molecule has 2 aromatic rings. The molecule has 4 nitrogen and oxygen atoms in total. The molecule has 1 atom stereocenters. The number of halogens is 2. The Balaban J connectivity index is 1.66. The Morgan fingerprint density at radius 3 is 2.63 bits per heavy atom. The van der Waals surface area contributed by atoms with E-state index in [1.165, 1.54) is 35.6 Å². The van der Waals surface area contributed by atoms with Gasteiger partial charge in [0.2, 0.25) is 5.91 Å². The van der Waals surface area contributed by atoms with Gasteiger partial charge in [-0.3, -0.25) is 9.59 Å². The molecule has 0 saturated carbocycles. The Hall–Kier alpha value is -1.92. The van der Waals surface area contributed by atoms with Gasteiger partial charge in [-0.25, -0.2) is 4.39 Å². The summed E-state index contributed by atoms with van der Waals surface area (Å²) in [5, 5.41) is 0. The van der Waals surface area contributed by atoms with Crippen molar-refractivity contribution in [3.63, 3.8) is 0 Å². The molecular weight excluding hydrogens is 387 g/mol. The first kappa shape index (κ1) is 19.8. The molecule has 1 aliphatic heterocycles. The van der Waals surface area contributed by atoms with E-state index in [9.17, 15) is 14.0 Å². The Bertz CT molecular complexity index is 809. The lowest BCUT2D eigenvalue weighted by Gasteiger charge is -2.34. The molecule has 1 aliphatic rings. The van der Waals surface area contributed by atoms with Crippen molar-refractivity contribution in [2.75, 3.05) is 19.6 Å². The molecule has 1 aromatic heterocycles. The number of benzene rings is 1. The molecule has 2 amide bonds. The van der Waals surface area contributed by atoms with Crippen LogP contribution in [0.1, 0.15) is 35.0 Å². The predicted molar refractivity (Wildman–Crippen MR) is 105 cm³/mol. The van der Waals surface area contributed by atoms with Crippen molar-refractivity contribution in [2.45, 2.75) is 26.3 Å². The number of hydrogen-bond acceptors (Lipinski definition) is 3. The summed E-state index contributed by atoms with van der Waals surface area (Å²) in [6.07, 6.45) is 1.56. The van der Waals surface area contributed by atoms with Crippen molar-refractivity contribution >= 4 is 34.8 Å². The van der Waals surface area contributed by atoms with Gasteiger partial charge in [0.1, 0.15) is 5.82 Å². The van der Waals surface area contributed by atoms with Gasteiger partial charge < -0.3 is 9.80 Å².